The molecule has 0 unspecified atom stereocenters. The summed E-state index contributed by atoms with van der Waals surface area (Å²) < 4.78 is 33.2. The van der Waals surface area contributed by atoms with Crippen molar-refractivity contribution in [1.29, 1.82) is 0 Å². The highest BCUT2D eigenvalue weighted by Gasteiger charge is 2.23. The number of halogens is 2. The molecule has 0 atom stereocenters. The van der Waals surface area contributed by atoms with Crippen molar-refractivity contribution in [2.75, 3.05) is 11.9 Å². The highest BCUT2D eigenvalue weighted by Crippen LogP contribution is 2.29. The second-order valence-corrected chi connectivity index (χ2v) is 6.25. The number of alkyl halides is 2. The van der Waals surface area contributed by atoms with Crippen LogP contribution in [0, 0.1) is 0 Å². The van der Waals surface area contributed by atoms with Crippen molar-refractivity contribution in [2.24, 2.45) is 7.05 Å². The molecule has 1 aromatic heterocycles. The zero-order chi connectivity index (χ0) is 19.4. The number of benzene rings is 2. The van der Waals surface area contributed by atoms with Gasteiger partial charge in [-0.05, 0) is 30.0 Å². The minimum atomic E-state index is -2.82. The first-order chi connectivity index (χ1) is 13.0. The van der Waals surface area contributed by atoms with Crippen LogP contribution in [0.25, 0.3) is 10.8 Å². The number of aryl methyl sites for hydroxylation is 1. The number of rotatable bonds is 7. The van der Waals surface area contributed by atoms with E-state index in [0.29, 0.717) is 18.0 Å². The molecule has 0 saturated carbocycles. The van der Waals surface area contributed by atoms with Gasteiger partial charge in [-0.2, -0.15) is 5.10 Å². The van der Waals surface area contributed by atoms with Gasteiger partial charge in [-0.1, -0.05) is 31.5 Å². The van der Waals surface area contributed by atoms with Gasteiger partial charge >= 0.3 is 0 Å². The average molecular weight is 373 g/mol. The Morgan fingerprint density at radius 3 is 2.85 bits per heavy atom. The molecule has 1 amide bonds. The van der Waals surface area contributed by atoms with Gasteiger partial charge in [-0.3, -0.25) is 9.48 Å². The minimum Gasteiger partial charge on any atom is -0.494 e. The number of hydrogen-bond acceptors (Lipinski definition) is 3. The molecule has 3 rings (SSSR count). The van der Waals surface area contributed by atoms with Crippen molar-refractivity contribution in [3.05, 3.63) is 53.9 Å². The molecule has 3 aromatic rings. The monoisotopic (exact) mass is 373 g/mol. The van der Waals surface area contributed by atoms with Gasteiger partial charge in [-0.15, -0.1) is 0 Å². The van der Waals surface area contributed by atoms with Crippen LogP contribution >= 0.6 is 0 Å². The number of unbranched alkanes of at least 4 members (excludes halogenated alkanes) is 1. The minimum absolute atomic E-state index is 0.139. The first-order valence-corrected chi connectivity index (χ1v) is 8.78. The molecule has 0 saturated heterocycles. The molecular weight excluding hydrogens is 352 g/mol. The first-order valence-electron chi connectivity index (χ1n) is 8.78. The lowest BCUT2D eigenvalue weighted by Crippen LogP contribution is -2.13. The van der Waals surface area contributed by atoms with Crippen LogP contribution in [-0.2, 0) is 7.05 Å². The van der Waals surface area contributed by atoms with Crippen LogP contribution < -0.4 is 10.1 Å². The fourth-order valence-corrected chi connectivity index (χ4v) is 2.82. The smallest absolute Gasteiger partial charge is 0.282 e. The molecule has 27 heavy (non-hydrogen) atoms. The molecule has 0 radical (unpaired) electrons. The number of fused-ring (bicyclic) bond motifs is 1. The predicted molar refractivity (Wildman–Crippen MR) is 100 cm³/mol. The van der Waals surface area contributed by atoms with Gasteiger partial charge in [0.2, 0.25) is 0 Å². The lowest BCUT2D eigenvalue weighted by atomic mass is 10.1. The van der Waals surface area contributed by atoms with E-state index in [1.165, 1.54) is 17.9 Å². The maximum absolute atomic E-state index is 13.1. The molecule has 0 spiro atoms. The molecule has 0 fully saturated rings. The number of amides is 1. The van der Waals surface area contributed by atoms with Crippen molar-refractivity contribution in [2.45, 2.75) is 26.2 Å². The maximum atomic E-state index is 13.1. The summed E-state index contributed by atoms with van der Waals surface area (Å²) in [4.78, 5) is 12.6. The Morgan fingerprint density at radius 2 is 2.11 bits per heavy atom. The molecule has 0 aliphatic heterocycles. The Kier molecular flexibility index (Phi) is 5.69. The molecule has 0 aliphatic carbocycles. The van der Waals surface area contributed by atoms with Gasteiger partial charge in [0.1, 0.15) is 11.4 Å². The molecule has 0 aliphatic rings. The largest absolute Gasteiger partial charge is 0.494 e. The summed E-state index contributed by atoms with van der Waals surface area (Å²) in [5.74, 6) is 0.0792. The maximum Gasteiger partial charge on any atom is 0.282 e. The Morgan fingerprint density at radius 1 is 1.30 bits per heavy atom. The molecule has 7 heteroatoms. The number of anilines is 1. The van der Waals surface area contributed by atoms with Crippen LogP contribution in [0.3, 0.4) is 0 Å². The first kappa shape index (κ1) is 18.8. The van der Waals surface area contributed by atoms with Crippen LogP contribution in [-0.4, -0.2) is 22.3 Å². The molecule has 5 nitrogen and oxygen atoms in total. The summed E-state index contributed by atoms with van der Waals surface area (Å²) in [5.41, 5.74) is -0.138. The van der Waals surface area contributed by atoms with E-state index in [-0.39, 0.29) is 5.56 Å². The van der Waals surface area contributed by atoms with Crippen molar-refractivity contribution < 1.29 is 18.3 Å². The van der Waals surface area contributed by atoms with E-state index in [0.717, 1.165) is 23.6 Å². The highest BCUT2D eigenvalue weighted by molar-refractivity contribution is 6.09. The highest BCUT2D eigenvalue weighted by atomic mass is 19.3. The van der Waals surface area contributed by atoms with Gasteiger partial charge in [0.05, 0.1) is 12.2 Å². The number of carbonyl (C=O) groups excluding carboxylic acids is 1. The van der Waals surface area contributed by atoms with E-state index in [2.05, 4.69) is 17.3 Å². The van der Waals surface area contributed by atoms with Crippen molar-refractivity contribution >= 4 is 22.4 Å². The molecule has 2 aromatic carbocycles. The second-order valence-electron chi connectivity index (χ2n) is 6.25. The summed E-state index contributed by atoms with van der Waals surface area (Å²) in [7, 11) is 1.50. The van der Waals surface area contributed by atoms with Crippen LogP contribution in [0.1, 0.15) is 42.2 Å². The molecule has 1 heterocycles. The number of nitrogens with zero attached hydrogens (tertiary/aromatic N) is 2. The summed E-state index contributed by atoms with van der Waals surface area (Å²) >= 11 is 0. The van der Waals surface area contributed by atoms with Gasteiger partial charge in [-0.25, -0.2) is 8.78 Å². The fourth-order valence-electron chi connectivity index (χ4n) is 2.82. The van der Waals surface area contributed by atoms with E-state index in [1.807, 2.05) is 24.3 Å². The topological polar surface area (TPSA) is 56.1 Å². The lowest BCUT2D eigenvalue weighted by molar-refractivity contribution is 0.101. The van der Waals surface area contributed by atoms with Crippen molar-refractivity contribution in [3.8, 4) is 5.75 Å². The average Bonchev–Trinajstić information content (AvgIpc) is 3.05. The third-order valence-corrected chi connectivity index (χ3v) is 4.18. The van der Waals surface area contributed by atoms with Gasteiger partial charge < -0.3 is 10.1 Å². The lowest BCUT2D eigenvalue weighted by Gasteiger charge is -2.11. The zero-order valence-corrected chi connectivity index (χ0v) is 15.2. The van der Waals surface area contributed by atoms with Crippen LogP contribution in [0.2, 0.25) is 0 Å². The van der Waals surface area contributed by atoms with E-state index in [4.69, 9.17) is 4.74 Å². The standard InChI is InChI=1S/C20H21F2N3O2/c1-3-4-10-27-14-9-8-13-6-5-7-17(15(13)11-14)23-20(26)16-12-25(2)24-18(16)19(21)22/h5-9,11-12,19H,3-4,10H2,1-2H3,(H,23,26). The molecule has 0 bridgehead atoms. The van der Waals surface area contributed by atoms with Crippen LogP contribution in [0.5, 0.6) is 5.75 Å². The number of carbonyl (C=O) groups is 1. The molecular formula is C20H21F2N3O2. The zero-order valence-electron chi connectivity index (χ0n) is 15.2. The van der Waals surface area contributed by atoms with Gasteiger partial charge in [0.25, 0.3) is 12.3 Å². The number of hydrogen-bond donors (Lipinski definition) is 1. The van der Waals surface area contributed by atoms with E-state index in [1.54, 1.807) is 12.1 Å². The molecule has 1 N–H and O–H groups in total. The van der Waals surface area contributed by atoms with Gasteiger partial charge in [0, 0.05) is 24.3 Å². The summed E-state index contributed by atoms with van der Waals surface area (Å²) in [5, 5.41) is 8.09. The number of ether oxygens (including phenoxy) is 1. The third-order valence-electron chi connectivity index (χ3n) is 4.18. The van der Waals surface area contributed by atoms with Crippen molar-refractivity contribution in [1.82, 2.24) is 9.78 Å². The number of aromatic nitrogens is 2. The Hall–Kier alpha value is -2.96. The Bertz CT molecular complexity index is 954. The fraction of sp³-hybridized carbons (Fsp3) is 0.300. The third kappa shape index (κ3) is 4.24. The van der Waals surface area contributed by atoms with Crippen molar-refractivity contribution in [3.63, 3.8) is 0 Å². The summed E-state index contributed by atoms with van der Waals surface area (Å²) in [6.07, 6.45) is 0.458. The quantitative estimate of drug-likeness (QED) is 0.597. The van der Waals surface area contributed by atoms with Gasteiger partial charge in [0.15, 0.2) is 0 Å². The predicted octanol–water partition coefficient (Wildman–Crippen LogP) is 4.94. The van der Waals surface area contributed by atoms with Crippen LogP contribution in [0.15, 0.2) is 42.6 Å². The molecule has 142 valence electrons. The number of nitrogens with one attached hydrogen (secondary N) is 1. The van der Waals surface area contributed by atoms with E-state index in [9.17, 15) is 13.6 Å². The van der Waals surface area contributed by atoms with E-state index < -0.39 is 18.0 Å². The van der Waals surface area contributed by atoms with Crippen LogP contribution in [0.4, 0.5) is 14.5 Å². The van der Waals surface area contributed by atoms with E-state index >= 15 is 0 Å². The summed E-state index contributed by atoms with van der Waals surface area (Å²) in [6.45, 7) is 2.70. The second kappa shape index (κ2) is 8.16. The Labute approximate surface area is 155 Å². The Balaban J connectivity index is 1.90. The summed E-state index contributed by atoms with van der Waals surface area (Å²) in [6, 6.07) is 11.1. The normalized spacial score (nSPS) is 11.1. The SMILES string of the molecule is CCCCOc1ccc2cccc(NC(=O)c3cn(C)nc3C(F)F)c2c1.